The molecule has 1 aliphatic carbocycles. The topological polar surface area (TPSA) is 49.3 Å². The Labute approximate surface area is 79.5 Å². The Hall–Kier alpha value is -0.570. The van der Waals surface area contributed by atoms with Crippen molar-refractivity contribution in [2.24, 2.45) is 17.8 Å². The summed E-state index contributed by atoms with van der Waals surface area (Å²) in [4.78, 5) is 11.2. The van der Waals surface area contributed by atoms with E-state index in [2.05, 4.69) is 5.32 Å². The Morgan fingerprint density at radius 1 is 1.46 bits per heavy atom. The number of rotatable bonds is 4. The normalized spacial score (nSPS) is 27.1. The first-order valence-electron chi connectivity index (χ1n) is 5.02. The molecule has 0 aromatic carbocycles. The second-order valence-corrected chi connectivity index (χ2v) is 4.29. The lowest BCUT2D eigenvalue weighted by Crippen LogP contribution is -2.38. The number of aliphatic hydroxyl groups excluding tert-OH is 1. The quantitative estimate of drug-likeness (QED) is 0.680. The van der Waals surface area contributed by atoms with Crippen LogP contribution in [0.2, 0.25) is 0 Å². The Balaban J connectivity index is 2.05. The van der Waals surface area contributed by atoms with Crippen molar-refractivity contribution in [1.82, 2.24) is 5.32 Å². The SMILES string of the molecule is CC(C)C(=O)NCC1CC(CO)C1. The van der Waals surface area contributed by atoms with Crippen molar-refractivity contribution in [2.45, 2.75) is 26.7 Å². The van der Waals surface area contributed by atoms with Gasteiger partial charge in [0.2, 0.25) is 5.91 Å². The minimum atomic E-state index is 0.0775. The lowest BCUT2D eigenvalue weighted by atomic mass is 9.75. The van der Waals surface area contributed by atoms with Crippen LogP contribution in [0.25, 0.3) is 0 Å². The van der Waals surface area contributed by atoms with E-state index in [1.807, 2.05) is 13.8 Å². The molecular formula is C10H19NO2. The highest BCUT2D eigenvalue weighted by Crippen LogP contribution is 2.32. The highest BCUT2D eigenvalue weighted by Gasteiger charge is 2.28. The maximum Gasteiger partial charge on any atom is 0.222 e. The third kappa shape index (κ3) is 2.99. The molecule has 0 saturated heterocycles. The van der Waals surface area contributed by atoms with Gasteiger partial charge in [-0.3, -0.25) is 4.79 Å². The van der Waals surface area contributed by atoms with E-state index in [1.54, 1.807) is 0 Å². The number of amides is 1. The monoisotopic (exact) mass is 185 g/mol. The smallest absolute Gasteiger partial charge is 0.222 e. The lowest BCUT2D eigenvalue weighted by molar-refractivity contribution is -0.124. The van der Waals surface area contributed by atoms with Gasteiger partial charge in [-0.15, -0.1) is 0 Å². The van der Waals surface area contributed by atoms with Crippen molar-refractivity contribution < 1.29 is 9.90 Å². The fourth-order valence-corrected chi connectivity index (χ4v) is 1.64. The molecule has 0 bridgehead atoms. The van der Waals surface area contributed by atoms with Crippen LogP contribution in [0.15, 0.2) is 0 Å². The maximum atomic E-state index is 11.2. The fraction of sp³-hybridized carbons (Fsp3) is 0.900. The standard InChI is InChI=1S/C10H19NO2/c1-7(2)10(13)11-5-8-3-9(4-8)6-12/h7-9,12H,3-6H2,1-2H3,(H,11,13). The van der Waals surface area contributed by atoms with Crippen molar-refractivity contribution in [3.63, 3.8) is 0 Å². The van der Waals surface area contributed by atoms with Crippen LogP contribution in [0, 0.1) is 17.8 Å². The summed E-state index contributed by atoms with van der Waals surface area (Å²) in [6.45, 7) is 4.88. The van der Waals surface area contributed by atoms with Crippen LogP contribution in [0.5, 0.6) is 0 Å². The molecule has 3 nitrogen and oxygen atoms in total. The van der Waals surface area contributed by atoms with E-state index in [1.165, 1.54) is 0 Å². The molecule has 1 aliphatic rings. The van der Waals surface area contributed by atoms with E-state index in [4.69, 9.17) is 5.11 Å². The van der Waals surface area contributed by atoms with Gasteiger partial charge in [0.25, 0.3) is 0 Å². The van der Waals surface area contributed by atoms with E-state index in [0.29, 0.717) is 18.4 Å². The zero-order valence-electron chi connectivity index (χ0n) is 8.42. The summed E-state index contributed by atoms with van der Waals surface area (Å²) < 4.78 is 0. The molecule has 0 spiro atoms. The van der Waals surface area contributed by atoms with Crippen LogP contribution >= 0.6 is 0 Å². The Kier molecular flexibility index (Phi) is 3.72. The lowest BCUT2D eigenvalue weighted by Gasteiger charge is -2.34. The Bertz CT molecular complexity index is 174. The van der Waals surface area contributed by atoms with E-state index < -0.39 is 0 Å². The van der Waals surface area contributed by atoms with Crippen LogP contribution in [0.3, 0.4) is 0 Å². The Morgan fingerprint density at radius 2 is 2.08 bits per heavy atom. The van der Waals surface area contributed by atoms with Gasteiger partial charge in [-0.1, -0.05) is 13.8 Å². The van der Waals surface area contributed by atoms with Crippen molar-refractivity contribution in [1.29, 1.82) is 0 Å². The first-order valence-corrected chi connectivity index (χ1v) is 5.02. The van der Waals surface area contributed by atoms with Crippen LogP contribution in [-0.4, -0.2) is 24.2 Å². The molecule has 0 aliphatic heterocycles. The molecule has 1 saturated carbocycles. The first-order chi connectivity index (χ1) is 6.13. The van der Waals surface area contributed by atoms with Gasteiger partial charge in [0.1, 0.15) is 0 Å². The molecule has 0 aromatic rings. The summed E-state index contributed by atoms with van der Waals surface area (Å²) >= 11 is 0. The van der Waals surface area contributed by atoms with Crippen molar-refractivity contribution in [2.75, 3.05) is 13.2 Å². The zero-order chi connectivity index (χ0) is 9.84. The largest absolute Gasteiger partial charge is 0.396 e. The van der Waals surface area contributed by atoms with Crippen LogP contribution in [0.1, 0.15) is 26.7 Å². The zero-order valence-corrected chi connectivity index (χ0v) is 8.42. The van der Waals surface area contributed by atoms with Gasteiger partial charge < -0.3 is 10.4 Å². The molecule has 13 heavy (non-hydrogen) atoms. The van der Waals surface area contributed by atoms with Gasteiger partial charge in [0.15, 0.2) is 0 Å². The molecule has 0 atom stereocenters. The number of hydrogen-bond acceptors (Lipinski definition) is 2. The maximum absolute atomic E-state index is 11.2. The molecule has 0 unspecified atom stereocenters. The minimum absolute atomic E-state index is 0.0775. The summed E-state index contributed by atoms with van der Waals surface area (Å²) in [7, 11) is 0. The van der Waals surface area contributed by atoms with Crippen LogP contribution < -0.4 is 5.32 Å². The van der Waals surface area contributed by atoms with Gasteiger partial charge >= 0.3 is 0 Å². The predicted molar refractivity (Wildman–Crippen MR) is 51.1 cm³/mol. The van der Waals surface area contributed by atoms with E-state index >= 15 is 0 Å². The van der Waals surface area contributed by atoms with Gasteiger partial charge in [-0.25, -0.2) is 0 Å². The minimum Gasteiger partial charge on any atom is -0.396 e. The van der Waals surface area contributed by atoms with Gasteiger partial charge in [0, 0.05) is 19.1 Å². The Morgan fingerprint density at radius 3 is 2.54 bits per heavy atom. The van der Waals surface area contributed by atoms with Crippen molar-refractivity contribution in [3.8, 4) is 0 Å². The van der Waals surface area contributed by atoms with Crippen molar-refractivity contribution >= 4 is 5.91 Å². The third-order valence-electron chi connectivity index (χ3n) is 2.68. The molecule has 3 heteroatoms. The number of carbonyl (C=O) groups is 1. The van der Waals surface area contributed by atoms with Crippen LogP contribution in [0.4, 0.5) is 0 Å². The summed E-state index contributed by atoms with van der Waals surface area (Å²) in [5, 5.41) is 11.7. The van der Waals surface area contributed by atoms with Crippen molar-refractivity contribution in [3.05, 3.63) is 0 Å². The third-order valence-corrected chi connectivity index (χ3v) is 2.68. The molecule has 1 rings (SSSR count). The van der Waals surface area contributed by atoms with Gasteiger partial charge in [0.05, 0.1) is 0 Å². The number of carbonyl (C=O) groups excluding carboxylic acids is 1. The number of nitrogens with one attached hydrogen (secondary N) is 1. The summed E-state index contributed by atoms with van der Waals surface area (Å²) in [5.74, 6) is 1.29. The summed E-state index contributed by atoms with van der Waals surface area (Å²) in [5.41, 5.74) is 0. The van der Waals surface area contributed by atoms with Gasteiger partial charge in [-0.2, -0.15) is 0 Å². The fourth-order valence-electron chi connectivity index (χ4n) is 1.64. The molecule has 0 radical (unpaired) electrons. The average Bonchev–Trinajstić information content (AvgIpc) is 2.01. The number of hydrogen-bond donors (Lipinski definition) is 2. The molecule has 1 fully saturated rings. The molecule has 2 N–H and O–H groups in total. The first kappa shape index (κ1) is 10.5. The van der Waals surface area contributed by atoms with E-state index in [0.717, 1.165) is 19.4 Å². The summed E-state index contributed by atoms with van der Waals surface area (Å²) in [6, 6.07) is 0. The van der Waals surface area contributed by atoms with E-state index in [-0.39, 0.29) is 11.8 Å². The molecular weight excluding hydrogens is 166 g/mol. The number of aliphatic hydroxyl groups is 1. The highest BCUT2D eigenvalue weighted by atomic mass is 16.3. The van der Waals surface area contributed by atoms with Gasteiger partial charge in [-0.05, 0) is 24.7 Å². The average molecular weight is 185 g/mol. The molecule has 0 aromatic heterocycles. The van der Waals surface area contributed by atoms with Crippen LogP contribution in [-0.2, 0) is 4.79 Å². The molecule has 0 heterocycles. The summed E-state index contributed by atoms with van der Waals surface area (Å²) in [6.07, 6.45) is 2.13. The second-order valence-electron chi connectivity index (χ2n) is 4.29. The molecule has 1 amide bonds. The second kappa shape index (κ2) is 4.61. The predicted octanol–water partition coefficient (Wildman–Crippen LogP) is 0.777. The van der Waals surface area contributed by atoms with E-state index in [9.17, 15) is 4.79 Å². The molecule has 76 valence electrons. The highest BCUT2D eigenvalue weighted by molar-refractivity contribution is 5.77.